The van der Waals surface area contributed by atoms with Gasteiger partial charge >= 0.3 is 0 Å². The number of nitrogens with one attached hydrogen (secondary N) is 3. The van der Waals surface area contributed by atoms with Crippen LogP contribution in [-0.2, 0) is 4.79 Å². The molecule has 0 saturated carbocycles. The minimum atomic E-state index is -0.814. The normalized spacial score (nSPS) is 13.9. The fourth-order valence-corrected chi connectivity index (χ4v) is 2.06. The van der Waals surface area contributed by atoms with Crippen LogP contribution in [0, 0.1) is 5.41 Å². The number of allylic oxidation sites excluding steroid dienone is 2. The highest BCUT2D eigenvalue weighted by molar-refractivity contribution is 5.92. The fourth-order valence-electron chi connectivity index (χ4n) is 2.06. The van der Waals surface area contributed by atoms with E-state index in [4.69, 9.17) is 0 Å². The molecule has 25 heavy (non-hydrogen) atoms. The van der Waals surface area contributed by atoms with Crippen LogP contribution in [-0.4, -0.2) is 36.9 Å². The minimum Gasteiger partial charge on any atom is -0.385 e. The summed E-state index contributed by atoms with van der Waals surface area (Å²) in [6.45, 7) is 25.7. The first kappa shape index (κ1) is 22.9. The first-order valence-corrected chi connectivity index (χ1v) is 8.25. The summed E-state index contributed by atoms with van der Waals surface area (Å²) < 4.78 is 0. The lowest BCUT2D eigenvalue weighted by atomic mass is 9.83. The summed E-state index contributed by atoms with van der Waals surface area (Å²) in [7, 11) is 0. The maximum Gasteiger partial charge on any atom is 0.246 e. The molecule has 0 aliphatic rings. The van der Waals surface area contributed by atoms with Gasteiger partial charge in [-0.3, -0.25) is 10.1 Å². The Morgan fingerprint density at radius 3 is 2.04 bits per heavy atom. The maximum atomic E-state index is 11.9. The number of aliphatic hydroxyl groups excluding tert-OH is 1. The van der Waals surface area contributed by atoms with E-state index in [1.807, 2.05) is 6.92 Å². The van der Waals surface area contributed by atoms with E-state index in [-0.39, 0.29) is 5.91 Å². The van der Waals surface area contributed by atoms with Crippen molar-refractivity contribution in [2.24, 2.45) is 5.41 Å². The van der Waals surface area contributed by atoms with Crippen LogP contribution in [0.1, 0.15) is 27.2 Å². The van der Waals surface area contributed by atoms with E-state index < -0.39 is 11.6 Å². The Balaban J connectivity index is 5.27. The van der Waals surface area contributed by atoms with Gasteiger partial charge < -0.3 is 15.7 Å². The van der Waals surface area contributed by atoms with Gasteiger partial charge in [0.05, 0.1) is 0 Å². The molecular weight excluding hydrogens is 314 g/mol. The molecule has 5 heteroatoms. The van der Waals surface area contributed by atoms with Crippen molar-refractivity contribution in [2.75, 3.05) is 19.6 Å². The molecule has 0 bridgehead atoms. The van der Waals surface area contributed by atoms with Crippen LogP contribution >= 0.6 is 0 Å². The van der Waals surface area contributed by atoms with Crippen LogP contribution in [0.15, 0.2) is 61.4 Å². The molecule has 0 heterocycles. The third-order valence-corrected chi connectivity index (χ3v) is 3.92. The summed E-state index contributed by atoms with van der Waals surface area (Å²) >= 11 is 0. The minimum absolute atomic E-state index is 0.201. The molecule has 0 fully saturated rings. The van der Waals surface area contributed by atoms with Gasteiger partial charge in [-0.05, 0) is 38.3 Å². The monoisotopic (exact) mass is 347 g/mol. The smallest absolute Gasteiger partial charge is 0.246 e. The van der Waals surface area contributed by atoms with Crippen LogP contribution in [0.5, 0.6) is 0 Å². The zero-order valence-electron chi connectivity index (χ0n) is 15.9. The predicted octanol–water partition coefficient (Wildman–Crippen LogP) is 2.40. The van der Waals surface area contributed by atoms with Crippen molar-refractivity contribution in [1.29, 1.82) is 0 Å². The van der Waals surface area contributed by atoms with Gasteiger partial charge in [0.25, 0.3) is 0 Å². The fraction of sp³-hybridized carbons (Fsp3) is 0.450. The van der Waals surface area contributed by atoms with Crippen LogP contribution in [0.25, 0.3) is 0 Å². The number of carbonyl (C=O) groups is 1. The van der Waals surface area contributed by atoms with Gasteiger partial charge in [-0.2, -0.15) is 0 Å². The standard InChI is InChI=1S/C20H33N3O2/c1-9-10-20(11-21-17(8)14(2)3,12-22-18(24)15(4)5)13-23-19(25)16(6)7/h9,18,21-22,24H,1-2,4,6,8,10-13H2,3,5,7H3,(H,23,25). The first-order chi connectivity index (χ1) is 11.5. The molecule has 0 saturated heterocycles. The number of aliphatic hydroxyl groups is 1. The molecule has 0 rings (SSSR count). The molecular formula is C20H33N3O2. The summed E-state index contributed by atoms with van der Waals surface area (Å²) in [5.74, 6) is -0.201. The van der Waals surface area contributed by atoms with E-state index in [1.54, 1.807) is 19.9 Å². The van der Waals surface area contributed by atoms with Crippen LogP contribution in [0.2, 0.25) is 0 Å². The third kappa shape index (κ3) is 8.52. The van der Waals surface area contributed by atoms with Gasteiger partial charge in [0.15, 0.2) is 0 Å². The third-order valence-electron chi connectivity index (χ3n) is 3.92. The van der Waals surface area contributed by atoms with E-state index in [2.05, 4.69) is 48.8 Å². The van der Waals surface area contributed by atoms with Crippen molar-refractivity contribution in [1.82, 2.24) is 16.0 Å². The van der Waals surface area contributed by atoms with E-state index >= 15 is 0 Å². The molecule has 2 unspecified atom stereocenters. The van der Waals surface area contributed by atoms with Gasteiger partial charge in [0, 0.05) is 36.3 Å². The Bertz CT molecular complexity index is 519. The topological polar surface area (TPSA) is 73.4 Å². The van der Waals surface area contributed by atoms with Gasteiger partial charge in [-0.1, -0.05) is 32.4 Å². The number of hydrogen-bond donors (Lipinski definition) is 4. The van der Waals surface area contributed by atoms with Gasteiger partial charge in [0.2, 0.25) is 5.91 Å². The van der Waals surface area contributed by atoms with Crippen molar-refractivity contribution in [2.45, 2.75) is 33.4 Å². The molecule has 140 valence electrons. The molecule has 0 aliphatic carbocycles. The van der Waals surface area contributed by atoms with Gasteiger partial charge in [-0.15, -0.1) is 6.58 Å². The number of amides is 1. The zero-order valence-corrected chi connectivity index (χ0v) is 15.9. The van der Waals surface area contributed by atoms with Gasteiger partial charge in [0.1, 0.15) is 6.23 Å². The lowest BCUT2D eigenvalue weighted by molar-refractivity contribution is -0.117. The maximum absolute atomic E-state index is 11.9. The van der Waals surface area contributed by atoms with Crippen LogP contribution in [0.4, 0.5) is 0 Å². The summed E-state index contributed by atoms with van der Waals surface area (Å²) in [5, 5.41) is 19.2. The Labute approximate surface area is 152 Å². The molecule has 0 spiro atoms. The molecule has 2 atom stereocenters. The van der Waals surface area contributed by atoms with Crippen molar-refractivity contribution < 1.29 is 9.90 Å². The second-order valence-corrected chi connectivity index (χ2v) is 6.70. The van der Waals surface area contributed by atoms with Crippen molar-refractivity contribution in [3.8, 4) is 0 Å². The van der Waals surface area contributed by atoms with Crippen LogP contribution < -0.4 is 16.0 Å². The average molecular weight is 348 g/mol. The molecule has 0 aromatic carbocycles. The highest BCUT2D eigenvalue weighted by Crippen LogP contribution is 2.22. The average Bonchev–Trinajstić information content (AvgIpc) is 2.54. The summed E-state index contributed by atoms with van der Waals surface area (Å²) in [4.78, 5) is 11.9. The quantitative estimate of drug-likeness (QED) is 0.179. The van der Waals surface area contributed by atoms with E-state index in [0.717, 1.165) is 11.3 Å². The predicted molar refractivity (Wildman–Crippen MR) is 106 cm³/mol. The second kappa shape index (κ2) is 10.7. The zero-order chi connectivity index (χ0) is 19.6. The largest absolute Gasteiger partial charge is 0.385 e. The summed E-state index contributed by atoms with van der Waals surface area (Å²) in [5.41, 5.74) is 2.23. The lowest BCUT2D eigenvalue weighted by Gasteiger charge is -2.35. The molecule has 0 aromatic heterocycles. The Hall–Kier alpha value is -2.11. The Kier molecular flexibility index (Phi) is 9.79. The Morgan fingerprint density at radius 2 is 1.60 bits per heavy atom. The van der Waals surface area contributed by atoms with Crippen LogP contribution in [0.3, 0.4) is 0 Å². The van der Waals surface area contributed by atoms with Crippen molar-refractivity contribution in [3.05, 3.63) is 61.4 Å². The summed E-state index contributed by atoms with van der Waals surface area (Å²) in [6, 6.07) is 0. The molecule has 0 aliphatic heterocycles. The molecule has 4 N–H and O–H groups in total. The highest BCUT2D eigenvalue weighted by Gasteiger charge is 2.30. The lowest BCUT2D eigenvalue weighted by Crippen LogP contribution is -2.51. The summed E-state index contributed by atoms with van der Waals surface area (Å²) in [6.07, 6.45) is 1.60. The number of hydrogen-bond acceptors (Lipinski definition) is 4. The highest BCUT2D eigenvalue weighted by atomic mass is 16.3. The molecule has 5 nitrogen and oxygen atoms in total. The Morgan fingerprint density at radius 1 is 1.04 bits per heavy atom. The number of rotatable bonds is 13. The number of carbonyl (C=O) groups excluding carboxylic acids is 1. The van der Waals surface area contributed by atoms with Crippen molar-refractivity contribution in [3.63, 3.8) is 0 Å². The molecule has 0 aromatic rings. The molecule has 1 amide bonds. The van der Waals surface area contributed by atoms with E-state index in [0.29, 0.717) is 37.2 Å². The SMILES string of the molecule is C=CCC(CNC(=C)C(=C)C)(CNC(=O)C(=C)C)CNC(O)C(=C)C. The molecule has 0 radical (unpaired) electrons. The van der Waals surface area contributed by atoms with Gasteiger partial charge in [-0.25, -0.2) is 0 Å². The first-order valence-electron chi connectivity index (χ1n) is 8.25. The van der Waals surface area contributed by atoms with E-state index in [1.165, 1.54) is 0 Å². The second-order valence-electron chi connectivity index (χ2n) is 6.70. The van der Waals surface area contributed by atoms with E-state index in [9.17, 15) is 9.90 Å². The van der Waals surface area contributed by atoms with Crippen molar-refractivity contribution >= 4 is 5.91 Å².